The quantitative estimate of drug-likeness (QED) is 0.920. The van der Waals surface area contributed by atoms with Crippen LogP contribution in [0.2, 0.25) is 5.02 Å². The van der Waals surface area contributed by atoms with E-state index in [0.29, 0.717) is 6.54 Å². The van der Waals surface area contributed by atoms with E-state index < -0.39 is 0 Å². The Morgan fingerprint density at radius 1 is 1.26 bits per heavy atom. The molecule has 1 aromatic carbocycles. The fourth-order valence-corrected chi connectivity index (χ4v) is 3.66. The summed E-state index contributed by atoms with van der Waals surface area (Å²) in [6.45, 7) is 0.594. The molecular weight excluding hydrogens is 333 g/mol. The molecule has 23 heavy (non-hydrogen) atoms. The number of nitrogens with zero attached hydrogens (tertiary/aromatic N) is 2. The predicted octanol–water partition coefficient (Wildman–Crippen LogP) is 3.33. The Labute approximate surface area is 147 Å². The standard InChI is InChI=1S/C17H20ClN3O.ClH/c18-14-4-1-3-13(11-14)17(12-19)8-6-15(7-9-17)21-16(22)5-2-10-20-21;/h1-5,10-11,15H,6-9,12,19H2;1H. The summed E-state index contributed by atoms with van der Waals surface area (Å²) in [5.41, 5.74) is 7.24. The van der Waals surface area contributed by atoms with Gasteiger partial charge in [0.25, 0.3) is 5.56 Å². The van der Waals surface area contributed by atoms with Gasteiger partial charge in [-0.3, -0.25) is 4.79 Å². The third kappa shape index (κ3) is 3.60. The molecule has 2 N–H and O–H groups in total. The number of nitrogens with two attached hydrogens (primary N) is 1. The van der Waals surface area contributed by atoms with Gasteiger partial charge in [-0.1, -0.05) is 23.7 Å². The van der Waals surface area contributed by atoms with Crippen LogP contribution >= 0.6 is 24.0 Å². The maximum absolute atomic E-state index is 11.9. The summed E-state index contributed by atoms with van der Waals surface area (Å²) in [5, 5.41) is 4.96. The van der Waals surface area contributed by atoms with Gasteiger partial charge in [0.1, 0.15) is 0 Å². The highest BCUT2D eigenvalue weighted by Gasteiger charge is 2.36. The first kappa shape index (κ1) is 18.0. The Bertz CT molecular complexity index is 709. The molecule has 0 bridgehead atoms. The normalized spacial score (nSPS) is 24.0. The van der Waals surface area contributed by atoms with Gasteiger partial charge < -0.3 is 5.73 Å². The summed E-state index contributed by atoms with van der Waals surface area (Å²) in [5.74, 6) is 0. The molecule has 0 radical (unpaired) electrons. The number of halogens is 2. The Morgan fingerprint density at radius 2 is 2.00 bits per heavy atom. The van der Waals surface area contributed by atoms with Crippen LogP contribution in [0.1, 0.15) is 37.3 Å². The first-order valence-electron chi connectivity index (χ1n) is 7.65. The number of aromatic nitrogens is 2. The van der Waals surface area contributed by atoms with E-state index in [0.717, 1.165) is 30.7 Å². The zero-order valence-electron chi connectivity index (χ0n) is 12.8. The predicted molar refractivity (Wildman–Crippen MR) is 95.4 cm³/mol. The molecule has 1 aliphatic rings. The molecule has 6 heteroatoms. The lowest BCUT2D eigenvalue weighted by Crippen LogP contribution is -2.41. The summed E-state index contributed by atoms with van der Waals surface area (Å²) in [6, 6.07) is 11.4. The van der Waals surface area contributed by atoms with E-state index in [1.54, 1.807) is 23.0 Å². The van der Waals surface area contributed by atoms with Gasteiger partial charge >= 0.3 is 0 Å². The summed E-state index contributed by atoms with van der Waals surface area (Å²) in [6.07, 6.45) is 5.36. The number of hydrogen-bond acceptors (Lipinski definition) is 3. The topological polar surface area (TPSA) is 60.9 Å². The molecule has 2 aromatic rings. The molecule has 0 atom stereocenters. The third-order valence-electron chi connectivity index (χ3n) is 4.83. The van der Waals surface area contributed by atoms with E-state index in [1.165, 1.54) is 5.56 Å². The van der Waals surface area contributed by atoms with Gasteiger partial charge in [0.05, 0.1) is 6.04 Å². The smallest absolute Gasteiger partial charge is 0.266 e. The molecule has 0 unspecified atom stereocenters. The average Bonchev–Trinajstić information content (AvgIpc) is 2.55. The first-order chi connectivity index (χ1) is 10.6. The van der Waals surface area contributed by atoms with Gasteiger partial charge in [-0.05, 0) is 49.4 Å². The average molecular weight is 354 g/mol. The second-order valence-corrected chi connectivity index (χ2v) is 6.47. The van der Waals surface area contributed by atoms with Gasteiger partial charge in [-0.15, -0.1) is 12.4 Å². The van der Waals surface area contributed by atoms with Crippen molar-refractivity contribution >= 4 is 24.0 Å². The monoisotopic (exact) mass is 353 g/mol. The van der Waals surface area contributed by atoms with Crippen LogP contribution in [0.25, 0.3) is 0 Å². The van der Waals surface area contributed by atoms with Gasteiger partial charge in [0, 0.05) is 29.2 Å². The molecule has 1 aromatic heterocycles. The summed E-state index contributed by atoms with van der Waals surface area (Å²) in [7, 11) is 0. The van der Waals surface area contributed by atoms with Gasteiger partial charge in [0.15, 0.2) is 0 Å². The van der Waals surface area contributed by atoms with Crippen LogP contribution in [-0.4, -0.2) is 16.3 Å². The molecule has 1 heterocycles. The van der Waals surface area contributed by atoms with Gasteiger partial charge in [0.2, 0.25) is 0 Å². The Balaban J connectivity index is 0.00000192. The molecule has 0 aliphatic heterocycles. The van der Waals surface area contributed by atoms with Crippen molar-refractivity contribution in [3.05, 3.63) is 63.5 Å². The van der Waals surface area contributed by atoms with E-state index in [2.05, 4.69) is 11.2 Å². The van der Waals surface area contributed by atoms with Crippen LogP contribution in [0.3, 0.4) is 0 Å². The van der Waals surface area contributed by atoms with E-state index >= 15 is 0 Å². The second kappa shape index (κ2) is 7.47. The lowest BCUT2D eigenvalue weighted by molar-refractivity contribution is 0.222. The van der Waals surface area contributed by atoms with Crippen LogP contribution < -0.4 is 11.3 Å². The van der Waals surface area contributed by atoms with Crippen molar-refractivity contribution in [2.75, 3.05) is 6.54 Å². The fourth-order valence-electron chi connectivity index (χ4n) is 3.47. The van der Waals surface area contributed by atoms with Crippen LogP contribution in [0.4, 0.5) is 0 Å². The fraction of sp³-hybridized carbons (Fsp3) is 0.412. The van der Waals surface area contributed by atoms with E-state index in [1.807, 2.05) is 18.2 Å². The van der Waals surface area contributed by atoms with Crippen LogP contribution in [0, 0.1) is 0 Å². The molecule has 0 spiro atoms. The van der Waals surface area contributed by atoms with Crippen LogP contribution in [-0.2, 0) is 5.41 Å². The lowest BCUT2D eigenvalue weighted by atomic mass is 9.68. The van der Waals surface area contributed by atoms with Crippen molar-refractivity contribution in [1.82, 2.24) is 9.78 Å². The van der Waals surface area contributed by atoms with Crippen molar-refractivity contribution < 1.29 is 0 Å². The molecule has 1 aliphatic carbocycles. The highest BCUT2D eigenvalue weighted by molar-refractivity contribution is 6.30. The van der Waals surface area contributed by atoms with E-state index in [4.69, 9.17) is 17.3 Å². The van der Waals surface area contributed by atoms with Crippen LogP contribution in [0.15, 0.2) is 47.4 Å². The zero-order chi connectivity index (χ0) is 15.6. The number of rotatable bonds is 3. The largest absolute Gasteiger partial charge is 0.330 e. The van der Waals surface area contributed by atoms with Gasteiger partial charge in [-0.25, -0.2) is 4.68 Å². The zero-order valence-corrected chi connectivity index (χ0v) is 14.4. The molecular formula is C17H21Cl2N3O. The summed E-state index contributed by atoms with van der Waals surface area (Å²) in [4.78, 5) is 11.9. The highest BCUT2D eigenvalue weighted by Crippen LogP contribution is 2.42. The Morgan fingerprint density at radius 3 is 2.61 bits per heavy atom. The van der Waals surface area contributed by atoms with E-state index in [9.17, 15) is 4.79 Å². The second-order valence-electron chi connectivity index (χ2n) is 6.03. The van der Waals surface area contributed by atoms with Gasteiger partial charge in [-0.2, -0.15) is 5.10 Å². The Kier molecular flexibility index (Phi) is 5.84. The highest BCUT2D eigenvalue weighted by atomic mass is 35.5. The van der Waals surface area contributed by atoms with E-state index in [-0.39, 0.29) is 29.4 Å². The number of benzene rings is 1. The van der Waals surface area contributed by atoms with Crippen molar-refractivity contribution in [3.8, 4) is 0 Å². The van der Waals surface area contributed by atoms with Crippen molar-refractivity contribution in [2.24, 2.45) is 5.73 Å². The SMILES string of the molecule is Cl.NCC1(c2cccc(Cl)c2)CCC(n2ncccc2=O)CC1. The molecule has 1 fully saturated rings. The van der Waals surface area contributed by atoms with Crippen molar-refractivity contribution in [1.29, 1.82) is 0 Å². The third-order valence-corrected chi connectivity index (χ3v) is 5.06. The van der Waals surface area contributed by atoms with Crippen molar-refractivity contribution in [2.45, 2.75) is 37.1 Å². The molecule has 4 nitrogen and oxygen atoms in total. The summed E-state index contributed by atoms with van der Waals surface area (Å²) < 4.78 is 1.61. The minimum atomic E-state index is -0.0419. The minimum absolute atomic E-state index is 0. The number of hydrogen-bond donors (Lipinski definition) is 1. The Hall–Kier alpha value is -1.36. The maximum atomic E-state index is 11.9. The lowest BCUT2D eigenvalue weighted by Gasteiger charge is -2.40. The minimum Gasteiger partial charge on any atom is -0.330 e. The molecule has 0 amide bonds. The molecule has 0 saturated heterocycles. The van der Waals surface area contributed by atoms with Crippen LogP contribution in [0.5, 0.6) is 0 Å². The molecule has 124 valence electrons. The summed E-state index contributed by atoms with van der Waals surface area (Å²) >= 11 is 6.13. The first-order valence-corrected chi connectivity index (χ1v) is 8.02. The molecule has 1 saturated carbocycles. The molecule has 3 rings (SSSR count). The maximum Gasteiger partial charge on any atom is 0.266 e. The van der Waals surface area contributed by atoms with Crippen molar-refractivity contribution in [3.63, 3.8) is 0 Å².